The monoisotopic (exact) mass is 568 g/mol. The number of anilines is 1. The lowest BCUT2D eigenvalue weighted by atomic mass is 9.56. The molecule has 2 aromatic carbocycles. The summed E-state index contributed by atoms with van der Waals surface area (Å²) in [6, 6.07) is 12.1. The van der Waals surface area contributed by atoms with Crippen molar-refractivity contribution < 1.29 is 34.3 Å². The van der Waals surface area contributed by atoms with Gasteiger partial charge in [-0.15, -0.1) is 23.2 Å². The van der Waals surface area contributed by atoms with Gasteiger partial charge in [0.1, 0.15) is 5.75 Å². The number of hydrogen-bond donors (Lipinski definition) is 3. The number of alkyl halides is 2. The van der Waals surface area contributed by atoms with Gasteiger partial charge in [0.2, 0.25) is 11.8 Å². The number of carbonyl (C=O) groups excluding carboxylic acids is 4. The number of allylic oxidation sites excluding steroid dienone is 2. The number of likely N-dealkylation sites (tertiary alicyclic amines) is 1. The van der Waals surface area contributed by atoms with E-state index in [9.17, 15) is 34.3 Å². The van der Waals surface area contributed by atoms with Gasteiger partial charge in [-0.2, -0.15) is 0 Å². The van der Waals surface area contributed by atoms with Crippen molar-refractivity contribution in [3.8, 4) is 5.75 Å². The Kier molecular flexibility index (Phi) is 5.79. The summed E-state index contributed by atoms with van der Waals surface area (Å²) < 4.78 is 0. The van der Waals surface area contributed by atoms with Crippen LogP contribution in [-0.2, 0) is 19.2 Å². The highest BCUT2D eigenvalue weighted by atomic mass is 35.5. The molecule has 4 amide bonds. The maximum Gasteiger partial charge on any atom is 0.488 e. The van der Waals surface area contributed by atoms with Gasteiger partial charge in [-0.25, -0.2) is 0 Å². The Hall–Kier alpha value is -3.18. The quantitative estimate of drug-likeness (QED) is 0.219. The second-order valence-corrected chi connectivity index (χ2v) is 11.8. The fourth-order valence-corrected chi connectivity index (χ4v) is 7.92. The molecule has 2 aliphatic heterocycles. The lowest BCUT2D eigenvalue weighted by Gasteiger charge is -2.50. The standard InChI is InChI=1S/C27H23BCl2N2O7/c1-31-24(36)26(29)12-19-17(21(27(26,30)25(31)37)13-4-2-7-16(33)10-13)8-9-18-20(19)23(35)32(22(18)34)15-6-3-5-14(11-15)28(38)39/h2-8,10-11,18-21,33,38-39H,9,12H2,1H3/t18-,19+,20-,21-,26+,27-/m0/s1. The normalized spacial score (nSPS) is 33.6. The maximum atomic E-state index is 13.9. The minimum absolute atomic E-state index is 0.0706. The van der Waals surface area contributed by atoms with Crippen LogP contribution in [0.3, 0.4) is 0 Å². The Balaban J connectivity index is 1.49. The van der Waals surface area contributed by atoms with Gasteiger partial charge in [-0.05, 0) is 54.1 Å². The molecule has 12 heteroatoms. The van der Waals surface area contributed by atoms with Crippen molar-refractivity contribution in [3.63, 3.8) is 0 Å². The lowest BCUT2D eigenvalue weighted by Crippen LogP contribution is -2.60. The van der Waals surface area contributed by atoms with E-state index in [1.54, 1.807) is 18.2 Å². The van der Waals surface area contributed by atoms with Gasteiger partial charge >= 0.3 is 7.12 Å². The number of hydrogen-bond acceptors (Lipinski definition) is 7. The highest BCUT2D eigenvalue weighted by Crippen LogP contribution is 2.65. The lowest BCUT2D eigenvalue weighted by molar-refractivity contribution is -0.138. The van der Waals surface area contributed by atoms with Crippen molar-refractivity contribution in [3.05, 3.63) is 65.7 Å². The summed E-state index contributed by atoms with van der Waals surface area (Å²) in [7, 11) is -0.475. The molecule has 0 radical (unpaired) electrons. The van der Waals surface area contributed by atoms with Crippen LogP contribution >= 0.6 is 23.2 Å². The summed E-state index contributed by atoms with van der Waals surface area (Å²) in [6.07, 6.45) is 1.85. The van der Waals surface area contributed by atoms with Crippen LogP contribution in [0, 0.1) is 17.8 Å². The van der Waals surface area contributed by atoms with E-state index in [4.69, 9.17) is 23.2 Å². The number of phenols is 1. The van der Waals surface area contributed by atoms with E-state index >= 15 is 0 Å². The van der Waals surface area contributed by atoms with Crippen molar-refractivity contribution in [2.45, 2.75) is 28.5 Å². The Morgan fingerprint density at radius 3 is 2.36 bits per heavy atom. The molecule has 200 valence electrons. The Morgan fingerprint density at radius 1 is 0.949 bits per heavy atom. The van der Waals surface area contributed by atoms with Gasteiger partial charge in [-0.3, -0.25) is 29.0 Å². The van der Waals surface area contributed by atoms with Crippen molar-refractivity contribution in [2.24, 2.45) is 17.8 Å². The molecule has 0 spiro atoms. The maximum absolute atomic E-state index is 13.9. The van der Waals surface area contributed by atoms with Crippen LogP contribution in [0.4, 0.5) is 5.69 Å². The van der Waals surface area contributed by atoms with Gasteiger partial charge in [0.05, 0.1) is 17.5 Å². The summed E-state index contributed by atoms with van der Waals surface area (Å²) in [5.74, 6) is -5.66. The number of fused-ring (bicyclic) bond motifs is 4. The van der Waals surface area contributed by atoms with E-state index in [0.29, 0.717) is 11.1 Å². The summed E-state index contributed by atoms with van der Waals surface area (Å²) in [5, 5.41) is 29.4. The molecule has 0 bridgehead atoms. The van der Waals surface area contributed by atoms with Gasteiger partial charge in [0, 0.05) is 13.0 Å². The van der Waals surface area contributed by atoms with Crippen LogP contribution in [-0.4, -0.2) is 67.6 Å². The second kappa shape index (κ2) is 8.66. The van der Waals surface area contributed by atoms with Crippen LogP contribution in [0.2, 0.25) is 0 Å². The molecule has 3 N–H and O–H groups in total. The molecule has 1 saturated carbocycles. The Bertz CT molecular complexity index is 1500. The zero-order chi connectivity index (χ0) is 28.0. The predicted molar refractivity (Wildman–Crippen MR) is 142 cm³/mol. The van der Waals surface area contributed by atoms with Crippen LogP contribution in [0.5, 0.6) is 5.75 Å². The van der Waals surface area contributed by atoms with Crippen LogP contribution in [0.15, 0.2) is 60.2 Å². The topological polar surface area (TPSA) is 135 Å². The smallest absolute Gasteiger partial charge is 0.488 e. The number of phenolic OH excluding ortho intramolecular Hbond substituents is 1. The zero-order valence-electron chi connectivity index (χ0n) is 20.6. The van der Waals surface area contributed by atoms with E-state index in [2.05, 4.69) is 0 Å². The molecule has 4 aliphatic rings. The number of imide groups is 2. The fourth-order valence-electron chi connectivity index (χ4n) is 6.90. The van der Waals surface area contributed by atoms with E-state index in [1.165, 1.54) is 43.4 Å². The molecule has 6 rings (SSSR count). The number of rotatable bonds is 3. The molecule has 6 atom stereocenters. The largest absolute Gasteiger partial charge is 0.508 e. The third-order valence-corrected chi connectivity index (χ3v) is 10.1. The average molecular weight is 569 g/mol. The molecule has 2 saturated heterocycles. The summed E-state index contributed by atoms with van der Waals surface area (Å²) >= 11 is 14.2. The van der Waals surface area contributed by atoms with Crippen molar-refractivity contribution in [2.75, 3.05) is 11.9 Å². The fraction of sp³-hybridized carbons (Fsp3) is 0.333. The molecule has 2 aliphatic carbocycles. The van der Waals surface area contributed by atoms with Crippen LogP contribution < -0.4 is 10.4 Å². The first kappa shape index (κ1) is 26.1. The molecule has 0 unspecified atom stereocenters. The highest BCUT2D eigenvalue weighted by Gasteiger charge is 2.75. The van der Waals surface area contributed by atoms with Gasteiger partial charge < -0.3 is 15.2 Å². The van der Waals surface area contributed by atoms with E-state index in [1.807, 2.05) is 0 Å². The summed E-state index contributed by atoms with van der Waals surface area (Å²) in [6.45, 7) is 0. The molecule has 0 aromatic heterocycles. The van der Waals surface area contributed by atoms with Gasteiger partial charge in [0.25, 0.3) is 11.8 Å². The SMILES string of the molecule is CN1C(=O)[C@]2(Cl)C[C@@H]3C(=CC[C@@H]4C(=O)N(c5cccc(B(O)O)c5)C(=O)[C@@H]43)[C@H](c3cccc(O)c3)[C@]2(Cl)C1=O. The summed E-state index contributed by atoms with van der Waals surface area (Å²) in [5.41, 5.74) is 1.39. The number of aromatic hydroxyl groups is 1. The summed E-state index contributed by atoms with van der Waals surface area (Å²) in [4.78, 5) is 52.6. The zero-order valence-corrected chi connectivity index (χ0v) is 22.1. The Labute approximate surface area is 233 Å². The molecule has 39 heavy (non-hydrogen) atoms. The number of amides is 4. The number of nitrogens with zero attached hydrogens (tertiary/aromatic N) is 2. The minimum Gasteiger partial charge on any atom is -0.508 e. The minimum atomic E-state index is -1.92. The van der Waals surface area contributed by atoms with E-state index in [0.717, 1.165) is 9.80 Å². The van der Waals surface area contributed by atoms with E-state index in [-0.39, 0.29) is 29.7 Å². The third-order valence-electron chi connectivity index (χ3n) is 8.64. The van der Waals surface area contributed by atoms with Gasteiger partial charge in [-0.1, -0.05) is 35.9 Å². The first-order valence-electron chi connectivity index (χ1n) is 12.4. The highest BCUT2D eigenvalue weighted by molar-refractivity contribution is 6.58. The van der Waals surface area contributed by atoms with E-state index < -0.39 is 64.2 Å². The van der Waals surface area contributed by atoms with Crippen LogP contribution in [0.1, 0.15) is 24.3 Å². The molecule has 3 fully saturated rings. The molecule has 2 aromatic rings. The molecule has 2 heterocycles. The number of carbonyl (C=O) groups is 4. The Morgan fingerprint density at radius 2 is 1.67 bits per heavy atom. The first-order chi connectivity index (χ1) is 18.4. The van der Waals surface area contributed by atoms with Gasteiger partial charge in [0.15, 0.2) is 9.75 Å². The average Bonchev–Trinajstić information content (AvgIpc) is 3.23. The first-order valence-corrected chi connectivity index (χ1v) is 13.2. The van der Waals surface area contributed by atoms with Crippen molar-refractivity contribution >= 4 is 65.1 Å². The predicted octanol–water partition coefficient (Wildman–Crippen LogP) is 1.27. The number of halogens is 2. The number of benzene rings is 2. The van der Waals surface area contributed by atoms with Crippen LogP contribution in [0.25, 0.3) is 0 Å². The van der Waals surface area contributed by atoms with Crippen molar-refractivity contribution in [1.29, 1.82) is 0 Å². The molecule has 9 nitrogen and oxygen atoms in total. The van der Waals surface area contributed by atoms with Crippen molar-refractivity contribution in [1.82, 2.24) is 4.90 Å². The molecular formula is C27H23BCl2N2O7. The third kappa shape index (κ3) is 3.35. The second-order valence-electron chi connectivity index (χ2n) is 10.6. The molecular weight excluding hydrogens is 546 g/mol.